The van der Waals surface area contributed by atoms with Crippen LogP contribution in [-0.2, 0) is 14.8 Å². The van der Waals surface area contributed by atoms with Crippen LogP contribution in [0.4, 0.5) is 5.69 Å². The van der Waals surface area contributed by atoms with Crippen LogP contribution in [-0.4, -0.2) is 45.6 Å². The molecule has 0 radical (unpaired) electrons. The first-order valence-electron chi connectivity index (χ1n) is 6.54. The van der Waals surface area contributed by atoms with Crippen LogP contribution >= 0.6 is 0 Å². The van der Waals surface area contributed by atoms with Gasteiger partial charge in [0.05, 0.1) is 30.4 Å². The molecule has 2 rings (SSSR count). The van der Waals surface area contributed by atoms with Crippen LogP contribution in [0.25, 0.3) is 0 Å². The van der Waals surface area contributed by atoms with E-state index in [4.69, 9.17) is 15.2 Å². The van der Waals surface area contributed by atoms with Gasteiger partial charge in [0, 0.05) is 19.2 Å². The second-order valence-corrected chi connectivity index (χ2v) is 6.61. The van der Waals surface area contributed by atoms with Gasteiger partial charge in [-0.15, -0.1) is 0 Å². The molecule has 0 amide bonds. The van der Waals surface area contributed by atoms with Gasteiger partial charge in [-0.05, 0) is 18.6 Å². The Balaban J connectivity index is 2.30. The van der Waals surface area contributed by atoms with Crippen molar-refractivity contribution in [1.82, 2.24) is 4.31 Å². The number of nitrogen functional groups attached to an aromatic ring is 1. The van der Waals surface area contributed by atoms with Gasteiger partial charge in [-0.2, -0.15) is 4.31 Å². The molecule has 0 spiro atoms. The van der Waals surface area contributed by atoms with Crippen LogP contribution in [0.5, 0.6) is 5.75 Å². The molecule has 0 bridgehead atoms. The van der Waals surface area contributed by atoms with Crippen molar-refractivity contribution in [3.8, 4) is 5.75 Å². The Kier molecular flexibility index (Phi) is 4.52. The first-order chi connectivity index (χ1) is 9.48. The Morgan fingerprint density at radius 3 is 2.90 bits per heavy atom. The Hall–Kier alpha value is -1.31. The van der Waals surface area contributed by atoms with E-state index < -0.39 is 10.0 Å². The molecule has 1 atom stereocenters. The molecule has 1 fully saturated rings. The van der Waals surface area contributed by atoms with E-state index in [0.29, 0.717) is 31.1 Å². The molecule has 0 aromatic heterocycles. The number of anilines is 1. The van der Waals surface area contributed by atoms with Crippen molar-refractivity contribution in [2.24, 2.45) is 0 Å². The van der Waals surface area contributed by atoms with Crippen LogP contribution < -0.4 is 10.5 Å². The molecule has 7 heteroatoms. The average molecular weight is 300 g/mol. The van der Waals surface area contributed by atoms with Crippen molar-refractivity contribution < 1.29 is 17.9 Å². The minimum atomic E-state index is -3.54. The highest BCUT2D eigenvalue weighted by Crippen LogP contribution is 2.27. The maximum atomic E-state index is 12.6. The number of benzene rings is 1. The van der Waals surface area contributed by atoms with Crippen molar-refractivity contribution in [1.29, 1.82) is 0 Å². The number of nitrogens with zero attached hydrogens (tertiary/aromatic N) is 1. The predicted molar refractivity (Wildman–Crippen MR) is 76.2 cm³/mol. The molecule has 112 valence electrons. The summed E-state index contributed by atoms with van der Waals surface area (Å²) in [5.41, 5.74) is 6.13. The van der Waals surface area contributed by atoms with E-state index in [2.05, 4.69) is 0 Å². The molecule has 0 aliphatic carbocycles. The van der Waals surface area contributed by atoms with Crippen molar-refractivity contribution in [2.45, 2.75) is 24.3 Å². The third-order valence-electron chi connectivity index (χ3n) is 3.40. The maximum Gasteiger partial charge on any atom is 0.243 e. The zero-order valence-corrected chi connectivity index (χ0v) is 12.5. The fraction of sp³-hybridized carbons (Fsp3) is 0.538. The normalized spacial score (nSPS) is 20.8. The quantitative estimate of drug-likeness (QED) is 0.841. The molecule has 1 aliphatic heterocycles. The van der Waals surface area contributed by atoms with Crippen molar-refractivity contribution in [2.75, 3.05) is 32.5 Å². The van der Waals surface area contributed by atoms with E-state index in [-0.39, 0.29) is 11.0 Å². The Labute approximate surface area is 119 Å². The second-order valence-electron chi connectivity index (χ2n) is 4.67. The molecule has 20 heavy (non-hydrogen) atoms. The topological polar surface area (TPSA) is 81.9 Å². The summed E-state index contributed by atoms with van der Waals surface area (Å²) in [7, 11) is -2.07. The molecule has 0 saturated carbocycles. The van der Waals surface area contributed by atoms with E-state index >= 15 is 0 Å². The lowest BCUT2D eigenvalue weighted by molar-refractivity contribution is -0.00278. The number of sulfonamides is 1. The highest BCUT2D eigenvalue weighted by molar-refractivity contribution is 7.89. The zero-order chi connectivity index (χ0) is 14.8. The third kappa shape index (κ3) is 2.89. The minimum Gasteiger partial charge on any atom is -0.495 e. The van der Waals surface area contributed by atoms with Gasteiger partial charge in [0.15, 0.2) is 0 Å². The van der Waals surface area contributed by atoms with Gasteiger partial charge < -0.3 is 15.2 Å². The molecular weight excluding hydrogens is 280 g/mol. The average Bonchev–Trinajstić information content (AvgIpc) is 2.47. The minimum absolute atomic E-state index is 0.0470. The lowest BCUT2D eigenvalue weighted by atomic mass is 10.2. The van der Waals surface area contributed by atoms with E-state index in [1.54, 1.807) is 6.07 Å². The zero-order valence-electron chi connectivity index (χ0n) is 11.7. The van der Waals surface area contributed by atoms with Crippen LogP contribution in [0.2, 0.25) is 0 Å². The Bertz CT molecular complexity index is 574. The van der Waals surface area contributed by atoms with Crippen LogP contribution in [0.3, 0.4) is 0 Å². The smallest absolute Gasteiger partial charge is 0.243 e. The number of morpholine rings is 1. The molecule has 1 heterocycles. The van der Waals surface area contributed by atoms with Crippen LogP contribution in [0, 0.1) is 0 Å². The largest absolute Gasteiger partial charge is 0.495 e. The fourth-order valence-electron chi connectivity index (χ4n) is 2.16. The third-order valence-corrected chi connectivity index (χ3v) is 5.26. The monoisotopic (exact) mass is 300 g/mol. The first kappa shape index (κ1) is 15.1. The molecular formula is C13H20N2O4S. The SMILES string of the molecule is CCC1CN(S(=O)(=O)c2ccc(N)c(OC)c2)CCO1. The van der Waals surface area contributed by atoms with Gasteiger partial charge in [-0.25, -0.2) is 8.42 Å². The van der Waals surface area contributed by atoms with E-state index in [9.17, 15) is 8.42 Å². The van der Waals surface area contributed by atoms with E-state index in [1.165, 1.54) is 23.5 Å². The highest BCUT2D eigenvalue weighted by atomic mass is 32.2. The van der Waals surface area contributed by atoms with Gasteiger partial charge in [-0.1, -0.05) is 6.92 Å². The van der Waals surface area contributed by atoms with E-state index in [1.807, 2.05) is 6.92 Å². The van der Waals surface area contributed by atoms with E-state index in [0.717, 1.165) is 6.42 Å². The summed E-state index contributed by atoms with van der Waals surface area (Å²) < 4.78 is 37.2. The molecule has 1 aromatic carbocycles. The summed E-state index contributed by atoms with van der Waals surface area (Å²) in [6, 6.07) is 4.51. The van der Waals surface area contributed by atoms with Crippen LogP contribution in [0.15, 0.2) is 23.1 Å². The Morgan fingerprint density at radius 1 is 1.50 bits per heavy atom. The summed E-state index contributed by atoms with van der Waals surface area (Å²) in [5, 5.41) is 0. The lowest BCUT2D eigenvalue weighted by Gasteiger charge is -2.31. The van der Waals surface area contributed by atoms with Crippen LogP contribution in [0.1, 0.15) is 13.3 Å². The molecule has 1 unspecified atom stereocenters. The molecule has 1 saturated heterocycles. The maximum absolute atomic E-state index is 12.6. The van der Waals surface area contributed by atoms with Gasteiger partial charge >= 0.3 is 0 Å². The summed E-state index contributed by atoms with van der Waals surface area (Å²) in [5.74, 6) is 0.367. The number of methoxy groups -OCH3 is 1. The highest BCUT2D eigenvalue weighted by Gasteiger charge is 2.30. The molecule has 6 nitrogen and oxygen atoms in total. The second kappa shape index (κ2) is 5.99. The Morgan fingerprint density at radius 2 is 2.25 bits per heavy atom. The number of hydrogen-bond acceptors (Lipinski definition) is 5. The van der Waals surface area contributed by atoms with Gasteiger partial charge in [0.1, 0.15) is 5.75 Å². The van der Waals surface area contributed by atoms with Gasteiger partial charge in [0.2, 0.25) is 10.0 Å². The number of ether oxygens (including phenoxy) is 2. The first-order valence-corrected chi connectivity index (χ1v) is 7.98. The van der Waals surface area contributed by atoms with Gasteiger partial charge in [-0.3, -0.25) is 0 Å². The summed E-state index contributed by atoms with van der Waals surface area (Å²) in [6.45, 7) is 3.15. The predicted octanol–water partition coefficient (Wildman–Crippen LogP) is 1.08. The fourth-order valence-corrected chi connectivity index (χ4v) is 3.63. The van der Waals surface area contributed by atoms with Crippen molar-refractivity contribution in [3.05, 3.63) is 18.2 Å². The summed E-state index contributed by atoms with van der Waals surface area (Å²) in [4.78, 5) is 0.195. The molecule has 2 N–H and O–H groups in total. The number of hydrogen-bond donors (Lipinski definition) is 1. The molecule has 1 aromatic rings. The standard InChI is InChI=1S/C13H20N2O4S/c1-3-10-9-15(6-7-19-10)20(16,17)11-4-5-12(14)13(8-11)18-2/h4-5,8,10H,3,6-7,9,14H2,1-2H3. The number of rotatable bonds is 4. The number of nitrogens with two attached hydrogens (primary N) is 1. The summed E-state index contributed by atoms with van der Waals surface area (Å²) >= 11 is 0. The van der Waals surface area contributed by atoms with Gasteiger partial charge in [0.25, 0.3) is 0 Å². The summed E-state index contributed by atoms with van der Waals surface area (Å²) in [6.07, 6.45) is 0.742. The lowest BCUT2D eigenvalue weighted by Crippen LogP contribution is -2.45. The molecule has 1 aliphatic rings. The van der Waals surface area contributed by atoms with Crippen molar-refractivity contribution >= 4 is 15.7 Å². The van der Waals surface area contributed by atoms with Crippen molar-refractivity contribution in [3.63, 3.8) is 0 Å².